The molecule has 0 unspecified atom stereocenters. The summed E-state index contributed by atoms with van der Waals surface area (Å²) in [6.45, 7) is 2.72. The number of benzene rings is 2. The summed E-state index contributed by atoms with van der Waals surface area (Å²) in [7, 11) is -1.77. The molecule has 0 bridgehead atoms. The topological polar surface area (TPSA) is 105 Å². The second-order valence-electron chi connectivity index (χ2n) is 8.93. The average molecular weight is 581 g/mol. The van der Waals surface area contributed by atoms with Crippen molar-refractivity contribution in [3.63, 3.8) is 0 Å². The van der Waals surface area contributed by atoms with Crippen LogP contribution in [-0.2, 0) is 17.1 Å². The van der Waals surface area contributed by atoms with Crippen molar-refractivity contribution in [1.29, 1.82) is 0 Å². The molecule has 5 rings (SSSR count). The maximum Gasteiger partial charge on any atom is 0.243 e. The minimum absolute atomic E-state index is 0.135. The molecule has 1 aliphatic rings. The van der Waals surface area contributed by atoms with Gasteiger partial charge in [0.05, 0.1) is 26.8 Å². The summed E-state index contributed by atoms with van der Waals surface area (Å²) in [5.74, 6) is 0.866. The van der Waals surface area contributed by atoms with E-state index in [1.807, 2.05) is 26.1 Å². The summed E-state index contributed by atoms with van der Waals surface area (Å²) in [4.78, 5) is 13.9. The van der Waals surface area contributed by atoms with Crippen LogP contribution in [0.3, 0.4) is 0 Å². The molecule has 0 spiro atoms. The largest absolute Gasteiger partial charge is 0.350 e. The number of piperidine rings is 1. The number of sulfonamides is 1. The zero-order chi connectivity index (χ0) is 26.3. The summed E-state index contributed by atoms with van der Waals surface area (Å²) in [5.41, 5.74) is 2.65. The third-order valence-corrected chi connectivity index (χ3v) is 8.93. The molecule has 4 aromatic rings. The summed E-state index contributed by atoms with van der Waals surface area (Å²) in [6, 6.07) is 9.96. The van der Waals surface area contributed by atoms with E-state index in [1.54, 1.807) is 35.0 Å². The predicted molar refractivity (Wildman–Crippen MR) is 148 cm³/mol. The lowest BCUT2D eigenvalue weighted by Gasteiger charge is -2.32. The van der Waals surface area contributed by atoms with E-state index in [0.29, 0.717) is 61.8 Å². The van der Waals surface area contributed by atoms with Gasteiger partial charge in [0.2, 0.25) is 21.9 Å². The Kier molecular flexibility index (Phi) is 7.21. The number of anilines is 3. The Morgan fingerprint density at radius 2 is 1.76 bits per heavy atom. The number of halogens is 3. The number of hydrogen-bond acceptors (Lipinski definition) is 7. The van der Waals surface area contributed by atoms with Gasteiger partial charge in [-0.15, -0.1) is 0 Å². The van der Waals surface area contributed by atoms with Crippen molar-refractivity contribution in [3.05, 3.63) is 63.2 Å². The van der Waals surface area contributed by atoms with Gasteiger partial charge in [-0.25, -0.2) is 18.4 Å². The molecule has 2 aromatic heterocycles. The number of nitrogens with zero attached hydrogens (tertiary/aromatic N) is 5. The van der Waals surface area contributed by atoms with E-state index in [-0.39, 0.29) is 6.04 Å². The number of rotatable bonds is 6. The number of fused-ring (bicyclic) bond motifs is 1. The van der Waals surface area contributed by atoms with Crippen LogP contribution in [0.25, 0.3) is 11.2 Å². The van der Waals surface area contributed by atoms with E-state index in [2.05, 4.69) is 25.6 Å². The van der Waals surface area contributed by atoms with E-state index >= 15 is 0 Å². The third-order valence-electron chi connectivity index (χ3n) is 6.23. The van der Waals surface area contributed by atoms with Crippen LogP contribution in [0.2, 0.25) is 15.1 Å². The van der Waals surface area contributed by atoms with Crippen LogP contribution in [0.1, 0.15) is 18.4 Å². The van der Waals surface area contributed by atoms with Gasteiger partial charge in [-0.05, 0) is 44.0 Å². The molecular formula is C24H24Cl3N7O2S. The number of aromatic nitrogens is 4. The zero-order valence-electron chi connectivity index (χ0n) is 20.0. The first-order valence-electron chi connectivity index (χ1n) is 11.6. The van der Waals surface area contributed by atoms with Gasteiger partial charge in [-0.1, -0.05) is 52.5 Å². The Labute approximate surface area is 229 Å². The number of aryl methyl sites for hydroxylation is 2. The maximum atomic E-state index is 13.2. The zero-order valence-corrected chi connectivity index (χ0v) is 23.1. The van der Waals surface area contributed by atoms with Gasteiger partial charge in [-0.2, -0.15) is 9.29 Å². The normalized spacial score (nSPS) is 16.7. The molecule has 0 aliphatic carbocycles. The molecule has 1 fully saturated rings. The Balaban J connectivity index is 1.34. The molecule has 13 heteroatoms. The van der Waals surface area contributed by atoms with Crippen molar-refractivity contribution < 1.29 is 8.42 Å². The van der Waals surface area contributed by atoms with Crippen LogP contribution in [0.15, 0.2) is 47.5 Å². The molecule has 194 valence electrons. The number of imidazole rings is 1. The summed E-state index contributed by atoms with van der Waals surface area (Å²) < 4.78 is 29.6. The lowest BCUT2D eigenvalue weighted by atomic mass is 10.1. The van der Waals surface area contributed by atoms with E-state index in [0.717, 1.165) is 18.4 Å². The highest BCUT2D eigenvalue weighted by Crippen LogP contribution is 2.36. The molecule has 2 aromatic carbocycles. The molecular weight excluding hydrogens is 557 g/mol. The Bertz CT molecular complexity index is 1550. The fourth-order valence-electron chi connectivity index (χ4n) is 4.26. The second-order valence-corrected chi connectivity index (χ2v) is 12.1. The highest BCUT2D eigenvalue weighted by molar-refractivity contribution is 7.89. The molecule has 1 saturated heterocycles. The van der Waals surface area contributed by atoms with Crippen LogP contribution in [0.5, 0.6) is 0 Å². The molecule has 0 saturated carbocycles. The van der Waals surface area contributed by atoms with Crippen molar-refractivity contribution in [2.45, 2.75) is 30.7 Å². The SMILES string of the molecule is Cc1ccc(S(=O)(=O)N2CCC[C@@H](Nc3ncc4nc(Nc5c(Cl)cc(Cl)cc5Cl)n(C)c4n3)C2)cc1. The molecule has 1 atom stereocenters. The van der Waals surface area contributed by atoms with E-state index < -0.39 is 10.0 Å². The lowest BCUT2D eigenvalue weighted by molar-refractivity contribution is 0.326. The third kappa shape index (κ3) is 5.35. The Morgan fingerprint density at radius 1 is 1.05 bits per heavy atom. The summed E-state index contributed by atoms with van der Waals surface area (Å²) in [6.07, 6.45) is 3.14. The summed E-state index contributed by atoms with van der Waals surface area (Å²) >= 11 is 18.6. The Hall–Kier alpha value is -2.63. The first-order chi connectivity index (χ1) is 17.6. The molecule has 1 aliphatic heterocycles. The molecule has 9 nitrogen and oxygen atoms in total. The van der Waals surface area contributed by atoms with Gasteiger partial charge in [0.15, 0.2) is 5.65 Å². The van der Waals surface area contributed by atoms with E-state index in [4.69, 9.17) is 34.8 Å². The molecule has 37 heavy (non-hydrogen) atoms. The minimum Gasteiger partial charge on any atom is -0.350 e. The Morgan fingerprint density at radius 3 is 2.46 bits per heavy atom. The molecule has 0 radical (unpaired) electrons. The van der Waals surface area contributed by atoms with Gasteiger partial charge in [-0.3, -0.25) is 4.57 Å². The second kappa shape index (κ2) is 10.3. The minimum atomic E-state index is -3.58. The highest BCUT2D eigenvalue weighted by Gasteiger charge is 2.30. The van der Waals surface area contributed by atoms with Crippen LogP contribution < -0.4 is 10.6 Å². The highest BCUT2D eigenvalue weighted by atomic mass is 35.5. The number of hydrogen-bond donors (Lipinski definition) is 2. The monoisotopic (exact) mass is 579 g/mol. The molecule has 2 N–H and O–H groups in total. The van der Waals surface area contributed by atoms with Gasteiger partial charge >= 0.3 is 0 Å². The van der Waals surface area contributed by atoms with Crippen LogP contribution in [0, 0.1) is 6.92 Å². The first-order valence-corrected chi connectivity index (χ1v) is 14.1. The van der Waals surface area contributed by atoms with E-state index in [9.17, 15) is 8.42 Å². The van der Waals surface area contributed by atoms with Crippen molar-refractivity contribution in [2.75, 3.05) is 23.7 Å². The fraction of sp³-hybridized carbons (Fsp3) is 0.292. The predicted octanol–water partition coefficient (Wildman–Crippen LogP) is 5.64. The average Bonchev–Trinajstić information content (AvgIpc) is 3.16. The standard InChI is InChI=1S/C24H24Cl3N7O2S/c1-14-5-7-17(8-6-14)37(35,36)34-9-3-4-16(13-34)29-23-28-12-20-22(32-23)33(2)24(30-20)31-21-18(26)10-15(25)11-19(21)27/h5-8,10-12,16H,3-4,9,13H2,1-2H3,(H,30,31)(H,28,29,32)/t16-/m1/s1. The van der Waals surface area contributed by atoms with Crippen molar-refractivity contribution >= 4 is 73.6 Å². The van der Waals surface area contributed by atoms with Gasteiger partial charge in [0.25, 0.3) is 0 Å². The van der Waals surface area contributed by atoms with Gasteiger partial charge in [0, 0.05) is 31.2 Å². The smallest absolute Gasteiger partial charge is 0.243 e. The van der Waals surface area contributed by atoms with Crippen LogP contribution in [0.4, 0.5) is 17.6 Å². The van der Waals surface area contributed by atoms with E-state index in [1.165, 1.54) is 4.31 Å². The first kappa shape index (κ1) is 26.0. The lowest BCUT2D eigenvalue weighted by Crippen LogP contribution is -2.45. The maximum absolute atomic E-state index is 13.2. The summed E-state index contributed by atoms with van der Waals surface area (Å²) in [5, 5.41) is 7.59. The van der Waals surface area contributed by atoms with Gasteiger partial charge in [0.1, 0.15) is 5.52 Å². The van der Waals surface area contributed by atoms with Crippen molar-refractivity contribution in [3.8, 4) is 0 Å². The van der Waals surface area contributed by atoms with Gasteiger partial charge < -0.3 is 10.6 Å². The quantitative estimate of drug-likeness (QED) is 0.304. The fourth-order valence-corrected chi connectivity index (χ4v) is 6.69. The van der Waals surface area contributed by atoms with Crippen LogP contribution >= 0.6 is 34.8 Å². The van der Waals surface area contributed by atoms with Crippen molar-refractivity contribution in [2.24, 2.45) is 7.05 Å². The molecule has 0 amide bonds. The molecule has 3 heterocycles. The van der Waals surface area contributed by atoms with Crippen LogP contribution in [-0.4, -0.2) is 51.4 Å². The number of nitrogens with one attached hydrogen (secondary N) is 2. The van der Waals surface area contributed by atoms with Crippen molar-refractivity contribution in [1.82, 2.24) is 23.8 Å².